The number of ketones is 1. The summed E-state index contributed by atoms with van der Waals surface area (Å²) < 4.78 is 6.21. The van der Waals surface area contributed by atoms with E-state index in [1.807, 2.05) is 0 Å². The lowest BCUT2D eigenvalue weighted by molar-refractivity contribution is -0.385. The number of carboxylic acid groups (broad SMARTS) is 1. The SMILES string of the molecule is COc1ccc(Cn2nnc(C(=O)O)c2C(=O)c2ccc(C)cc2[N+](=O)[O-])cc1. The van der Waals surface area contributed by atoms with Crippen molar-refractivity contribution in [2.24, 2.45) is 0 Å². The minimum Gasteiger partial charge on any atom is -0.497 e. The number of carbonyl (C=O) groups is 2. The van der Waals surface area contributed by atoms with E-state index in [0.29, 0.717) is 16.9 Å². The second-order valence-electron chi connectivity index (χ2n) is 6.20. The molecule has 0 saturated carbocycles. The smallest absolute Gasteiger partial charge is 0.358 e. The van der Waals surface area contributed by atoms with E-state index in [0.717, 1.165) is 4.68 Å². The fourth-order valence-corrected chi connectivity index (χ4v) is 2.81. The van der Waals surface area contributed by atoms with Gasteiger partial charge in [-0.15, -0.1) is 5.10 Å². The second kappa shape index (κ2) is 7.89. The number of hydrogen-bond donors (Lipinski definition) is 1. The second-order valence-corrected chi connectivity index (χ2v) is 6.20. The summed E-state index contributed by atoms with van der Waals surface area (Å²) in [5.41, 5.74) is -0.250. The van der Waals surface area contributed by atoms with E-state index in [4.69, 9.17) is 4.74 Å². The van der Waals surface area contributed by atoms with Crippen LogP contribution in [0.1, 0.15) is 37.7 Å². The van der Waals surface area contributed by atoms with Gasteiger partial charge in [-0.2, -0.15) is 0 Å². The molecular formula is C19H16N4O6. The first-order chi connectivity index (χ1) is 13.8. The van der Waals surface area contributed by atoms with E-state index >= 15 is 0 Å². The molecule has 0 unspecified atom stereocenters. The van der Waals surface area contributed by atoms with Gasteiger partial charge in [-0.05, 0) is 36.2 Å². The zero-order valence-corrected chi connectivity index (χ0v) is 15.5. The number of rotatable bonds is 7. The average molecular weight is 396 g/mol. The van der Waals surface area contributed by atoms with E-state index in [1.165, 1.54) is 25.3 Å². The maximum atomic E-state index is 13.1. The van der Waals surface area contributed by atoms with Gasteiger partial charge in [0.15, 0.2) is 0 Å². The lowest BCUT2D eigenvalue weighted by atomic mass is 10.0. The Morgan fingerprint density at radius 2 is 1.90 bits per heavy atom. The summed E-state index contributed by atoms with van der Waals surface area (Å²) >= 11 is 0. The number of methoxy groups -OCH3 is 1. The number of hydrogen-bond acceptors (Lipinski definition) is 7. The van der Waals surface area contributed by atoms with Gasteiger partial charge in [0.25, 0.3) is 5.69 Å². The van der Waals surface area contributed by atoms with Gasteiger partial charge in [0.2, 0.25) is 11.5 Å². The van der Waals surface area contributed by atoms with Crippen LogP contribution in [0.3, 0.4) is 0 Å². The van der Waals surface area contributed by atoms with Gasteiger partial charge in [0, 0.05) is 6.07 Å². The van der Waals surface area contributed by atoms with Crippen molar-refractivity contribution in [1.82, 2.24) is 15.0 Å². The molecule has 1 N–H and O–H groups in total. The van der Waals surface area contributed by atoms with Crippen LogP contribution in [0, 0.1) is 17.0 Å². The Labute approximate surface area is 164 Å². The zero-order valence-electron chi connectivity index (χ0n) is 15.5. The summed E-state index contributed by atoms with van der Waals surface area (Å²) in [4.78, 5) is 35.4. The Morgan fingerprint density at radius 3 is 2.48 bits per heavy atom. The van der Waals surface area contributed by atoms with Crippen LogP contribution >= 0.6 is 0 Å². The van der Waals surface area contributed by atoms with Crippen molar-refractivity contribution >= 4 is 17.4 Å². The number of aromatic nitrogens is 3. The standard InChI is InChI=1S/C19H16N4O6/c1-11-3-8-14(15(9-11)23(27)28)18(24)17-16(19(25)26)20-21-22(17)10-12-4-6-13(29-2)7-5-12/h3-9H,10H2,1-2H3,(H,25,26). The maximum Gasteiger partial charge on any atom is 0.358 e. The van der Waals surface area contributed by atoms with Crippen LogP contribution in [-0.4, -0.2) is 43.9 Å². The summed E-state index contributed by atoms with van der Waals surface area (Å²) in [6, 6.07) is 11.0. The predicted octanol–water partition coefficient (Wildman–Crippen LogP) is 2.48. The van der Waals surface area contributed by atoms with Gasteiger partial charge in [0.1, 0.15) is 17.0 Å². The molecule has 0 spiro atoms. The molecule has 0 aliphatic rings. The Kier molecular flexibility index (Phi) is 5.35. The number of ether oxygens (including phenoxy) is 1. The molecule has 3 rings (SSSR count). The molecular weight excluding hydrogens is 380 g/mol. The summed E-state index contributed by atoms with van der Waals surface area (Å²) in [6.07, 6.45) is 0. The Bertz CT molecular complexity index is 1100. The topological polar surface area (TPSA) is 137 Å². The average Bonchev–Trinajstić information content (AvgIpc) is 3.11. The molecule has 1 heterocycles. The Morgan fingerprint density at radius 1 is 1.21 bits per heavy atom. The molecule has 2 aromatic carbocycles. The van der Waals surface area contributed by atoms with Crippen LogP contribution in [0.25, 0.3) is 0 Å². The number of nitro groups is 1. The van der Waals surface area contributed by atoms with Crippen LogP contribution in [0.4, 0.5) is 5.69 Å². The van der Waals surface area contributed by atoms with Crippen molar-refractivity contribution in [1.29, 1.82) is 0 Å². The molecule has 29 heavy (non-hydrogen) atoms. The third-order valence-electron chi connectivity index (χ3n) is 4.24. The Hall–Kier alpha value is -4.08. The van der Waals surface area contributed by atoms with Crippen molar-refractivity contribution in [2.45, 2.75) is 13.5 Å². The molecule has 10 heteroatoms. The molecule has 3 aromatic rings. The molecule has 10 nitrogen and oxygen atoms in total. The summed E-state index contributed by atoms with van der Waals surface area (Å²) in [5, 5.41) is 28.2. The van der Waals surface area contributed by atoms with Gasteiger partial charge in [-0.3, -0.25) is 14.9 Å². The highest BCUT2D eigenvalue weighted by Gasteiger charge is 2.30. The van der Waals surface area contributed by atoms with Crippen LogP contribution in [0.15, 0.2) is 42.5 Å². The number of nitro benzene ring substituents is 1. The normalized spacial score (nSPS) is 10.6. The number of carboxylic acids is 1. The van der Waals surface area contributed by atoms with Crippen molar-refractivity contribution in [3.05, 3.63) is 80.7 Å². The van der Waals surface area contributed by atoms with E-state index in [1.54, 1.807) is 31.2 Å². The summed E-state index contributed by atoms with van der Waals surface area (Å²) in [6.45, 7) is 1.70. The van der Waals surface area contributed by atoms with E-state index < -0.39 is 28.1 Å². The van der Waals surface area contributed by atoms with Crippen LogP contribution in [0.5, 0.6) is 5.75 Å². The van der Waals surface area contributed by atoms with Crippen LogP contribution < -0.4 is 4.74 Å². The predicted molar refractivity (Wildman–Crippen MR) is 100 cm³/mol. The lowest BCUT2D eigenvalue weighted by Crippen LogP contribution is -2.17. The number of benzene rings is 2. The molecule has 0 fully saturated rings. The number of nitrogens with zero attached hydrogens (tertiary/aromatic N) is 4. The first-order valence-corrected chi connectivity index (χ1v) is 8.41. The highest BCUT2D eigenvalue weighted by atomic mass is 16.6. The van der Waals surface area contributed by atoms with Crippen molar-refractivity contribution < 1.29 is 24.4 Å². The van der Waals surface area contributed by atoms with Gasteiger partial charge in [-0.1, -0.05) is 23.4 Å². The molecule has 0 bridgehead atoms. The van der Waals surface area contributed by atoms with Crippen molar-refractivity contribution in [3.8, 4) is 5.75 Å². The van der Waals surface area contributed by atoms with E-state index in [9.17, 15) is 24.8 Å². The highest BCUT2D eigenvalue weighted by molar-refractivity contribution is 6.14. The fraction of sp³-hybridized carbons (Fsp3) is 0.158. The molecule has 1 aromatic heterocycles. The molecule has 0 amide bonds. The quantitative estimate of drug-likeness (QED) is 0.365. The minimum absolute atomic E-state index is 0.0466. The van der Waals surface area contributed by atoms with Crippen molar-refractivity contribution in [3.63, 3.8) is 0 Å². The summed E-state index contributed by atoms with van der Waals surface area (Å²) in [7, 11) is 1.52. The van der Waals surface area contributed by atoms with E-state index in [2.05, 4.69) is 10.3 Å². The van der Waals surface area contributed by atoms with Gasteiger partial charge in [-0.25, -0.2) is 9.48 Å². The largest absolute Gasteiger partial charge is 0.497 e. The molecule has 148 valence electrons. The van der Waals surface area contributed by atoms with Gasteiger partial charge in [0.05, 0.1) is 18.6 Å². The van der Waals surface area contributed by atoms with Gasteiger partial charge >= 0.3 is 5.97 Å². The van der Waals surface area contributed by atoms with Gasteiger partial charge < -0.3 is 9.84 Å². The minimum atomic E-state index is -1.45. The molecule has 0 atom stereocenters. The first kappa shape index (κ1) is 19.7. The van der Waals surface area contributed by atoms with Crippen LogP contribution in [0.2, 0.25) is 0 Å². The number of aryl methyl sites for hydroxylation is 1. The lowest BCUT2D eigenvalue weighted by Gasteiger charge is -2.08. The number of carbonyl (C=O) groups excluding carboxylic acids is 1. The maximum absolute atomic E-state index is 13.1. The third-order valence-corrected chi connectivity index (χ3v) is 4.24. The first-order valence-electron chi connectivity index (χ1n) is 8.41. The molecule has 0 aliphatic heterocycles. The highest BCUT2D eigenvalue weighted by Crippen LogP contribution is 2.24. The zero-order chi connectivity index (χ0) is 21.1. The molecule has 0 saturated heterocycles. The molecule has 0 aliphatic carbocycles. The van der Waals surface area contributed by atoms with Crippen LogP contribution in [-0.2, 0) is 6.54 Å². The number of aromatic carboxylic acids is 1. The fourth-order valence-electron chi connectivity index (χ4n) is 2.81. The monoisotopic (exact) mass is 396 g/mol. The van der Waals surface area contributed by atoms with E-state index in [-0.39, 0.29) is 17.8 Å². The molecule has 0 radical (unpaired) electrons. The third kappa shape index (κ3) is 3.95. The Balaban J connectivity index is 2.08. The summed E-state index contributed by atoms with van der Waals surface area (Å²) in [5.74, 6) is -1.66. The van der Waals surface area contributed by atoms with Crippen molar-refractivity contribution in [2.75, 3.05) is 7.11 Å².